The molecule has 3 rings (SSSR count). The molecule has 0 atom stereocenters. The summed E-state index contributed by atoms with van der Waals surface area (Å²) in [6.07, 6.45) is 6.30. The molecule has 1 heterocycles. The molecular weight excluding hydrogens is 353 g/mol. The Labute approximate surface area is 159 Å². The molecule has 2 aromatic rings. The van der Waals surface area contributed by atoms with Crippen LogP contribution in [-0.4, -0.2) is 41.5 Å². The third kappa shape index (κ3) is 5.29. The molecule has 0 amide bonds. The van der Waals surface area contributed by atoms with E-state index in [1.54, 1.807) is 6.07 Å². The van der Waals surface area contributed by atoms with Crippen molar-refractivity contribution in [2.75, 3.05) is 31.3 Å². The molecule has 0 radical (unpaired) electrons. The number of halogens is 2. The summed E-state index contributed by atoms with van der Waals surface area (Å²) in [5, 5.41) is 6.72. The Bertz CT molecular complexity index is 732. The summed E-state index contributed by atoms with van der Waals surface area (Å²) in [7, 11) is 4.27. The van der Waals surface area contributed by atoms with Gasteiger partial charge in [0.1, 0.15) is 23.8 Å². The first kappa shape index (κ1) is 18.9. The van der Waals surface area contributed by atoms with Gasteiger partial charge in [-0.05, 0) is 63.9 Å². The Kier molecular flexibility index (Phi) is 6.27. The Hall–Kier alpha value is -1.92. The number of anilines is 3. The van der Waals surface area contributed by atoms with Gasteiger partial charge < -0.3 is 15.5 Å². The normalized spacial score (nSPS) is 20.2. The summed E-state index contributed by atoms with van der Waals surface area (Å²) < 4.78 is 13.3. The minimum Gasteiger partial charge on any atom is -0.367 e. The topological polar surface area (TPSA) is 53.1 Å². The van der Waals surface area contributed by atoms with Gasteiger partial charge in [-0.2, -0.15) is 0 Å². The number of benzene rings is 1. The first-order valence-electron chi connectivity index (χ1n) is 8.95. The molecule has 7 heteroatoms. The van der Waals surface area contributed by atoms with E-state index in [2.05, 4.69) is 39.6 Å². The second-order valence-corrected chi connectivity index (χ2v) is 7.57. The molecule has 0 saturated heterocycles. The third-order valence-corrected chi connectivity index (χ3v) is 4.97. The standard InChI is InChI=1S/C19H25ClFN5/c1-26(2)11-13-3-5-14(6-4-13)24-18-10-19(23-12-22-18)25-15-7-8-17(21)16(20)9-15/h7-10,12-14H,3-6,11H2,1-2H3,(H2,22,23,24,25). The molecule has 0 aliphatic heterocycles. The van der Waals surface area contributed by atoms with Crippen LogP contribution in [0.1, 0.15) is 25.7 Å². The van der Waals surface area contributed by atoms with Gasteiger partial charge in [-0.25, -0.2) is 14.4 Å². The summed E-state index contributed by atoms with van der Waals surface area (Å²) >= 11 is 5.82. The Morgan fingerprint density at radius 2 is 1.85 bits per heavy atom. The van der Waals surface area contributed by atoms with Gasteiger partial charge in [-0.3, -0.25) is 0 Å². The molecule has 1 aromatic carbocycles. The molecule has 1 saturated carbocycles. The van der Waals surface area contributed by atoms with Crippen LogP contribution in [0.15, 0.2) is 30.6 Å². The average molecular weight is 378 g/mol. The van der Waals surface area contributed by atoms with Crippen molar-refractivity contribution in [2.24, 2.45) is 5.92 Å². The van der Waals surface area contributed by atoms with Crippen molar-refractivity contribution in [3.63, 3.8) is 0 Å². The lowest BCUT2D eigenvalue weighted by Gasteiger charge is -2.31. The van der Waals surface area contributed by atoms with Gasteiger partial charge in [0.05, 0.1) is 5.02 Å². The fraction of sp³-hybridized carbons (Fsp3) is 0.474. The predicted octanol–water partition coefficient (Wildman–Crippen LogP) is 4.55. The SMILES string of the molecule is CN(C)CC1CCC(Nc2cc(Nc3ccc(F)c(Cl)c3)ncn2)CC1. The smallest absolute Gasteiger partial charge is 0.141 e. The van der Waals surface area contributed by atoms with E-state index in [0.717, 1.165) is 31.1 Å². The first-order valence-corrected chi connectivity index (χ1v) is 9.33. The average Bonchev–Trinajstić information content (AvgIpc) is 2.60. The van der Waals surface area contributed by atoms with E-state index in [0.29, 0.717) is 17.5 Å². The maximum absolute atomic E-state index is 13.3. The zero-order chi connectivity index (χ0) is 18.5. The van der Waals surface area contributed by atoms with Crippen LogP contribution in [0.2, 0.25) is 5.02 Å². The van der Waals surface area contributed by atoms with Crippen LogP contribution in [0.3, 0.4) is 0 Å². The summed E-state index contributed by atoms with van der Waals surface area (Å²) in [6, 6.07) is 6.80. The van der Waals surface area contributed by atoms with Crippen LogP contribution >= 0.6 is 11.6 Å². The van der Waals surface area contributed by atoms with Crippen molar-refractivity contribution in [3.8, 4) is 0 Å². The van der Waals surface area contributed by atoms with Crippen LogP contribution < -0.4 is 10.6 Å². The lowest BCUT2D eigenvalue weighted by Crippen LogP contribution is -2.31. The van der Waals surface area contributed by atoms with Crippen LogP contribution in [0, 0.1) is 11.7 Å². The molecule has 26 heavy (non-hydrogen) atoms. The number of hydrogen-bond acceptors (Lipinski definition) is 5. The zero-order valence-electron chi connectivity index (χ0n) is 15.2. The molecule has 140 valence electrons. The van der Waals surface area contributed by atoms with E-state index in [4.69, 9.17) is 11.6 Å². The Morgan fingerprint density at radius 1 is 1.12 bits per heavy atom. The lowest BCUT2D eigenvalue weighted by atomic mass is 9.86. The van der Waals surface area contributed by atoms with Crippen molar-refractivity contribution < 1.29 is 4.39 Å². The highest BCUT2D eigenvalue weighted by Crippen LogP contribution is 2.27. The first-order chi connectivity index (χ1) is 12.5. The van der Waals surface area contributed by atoms with Crippen LogP contribution in [-0.2, 0) is 0 Å². The van der Waals surface area contributed by atoms with E-state index >= 15 is 0 Å². The number of hydrogen-bond donors (Lipinski definition) is 2. The fourth-order valence-electron chi connectivity index (χ4n) is 3.44. The summed E-state index contributed by atoms with van der Waals surface area (Å²) in [5.74, 6) is 1.79. The summed E-state index contributed by atoms with van der Waals surface area (Å²) in [6.45, 7) is 1.16. The molecule has 2 N–H and O–H groups in total. The highest BCUT2D eigenvalue weighted by atomic mass is 35.5. The third-order valence-electron chi connectivity index (χ3n) is 4.68. The van der Waals surface area contributed by atoms with Crippen LogP contribution in [0.5, 0.6) is 0 Å². The van der Waals surface area contributed by atoms with Crippen LogP contribution in [0.4, 0.5) is 21.7 Å². The van der Waals surface area contributed by atoms with Crippen molar-refractivity contribution >= 4 is 28.9 Å². The van der Waals surface area contributed by atoms with E-state index < -0.39 is 5.82 Å². The maximum Gasteiger partial charge on any atom is 0.141 e. The van der Waals surface area contributed by atoms with Gasteiger partial charge >= 0.3 is 0 Å². The van der Waals surface area contributed by atoms with Crippen LogP contribution in [0.25, 0.3) is 0 Å². The largest absolute Gasteiger partial charge is 0.367 e. The maximum atomic E-state index is 13.3. The highest BCUT2D eigenvalue weighted by Gasteiger charge is 2.21. The van der Waals surface area contributed by atoms with E-state index in [1.165, 1.54) is 31.3 Å². The summed E-state index contributed by atoms with van der Waals surface area (Å²) in [5.41, 5.74) is 0.685. The molecule has 0 spiro atoms. The molecule has 0 unspecified atom stereocenters. The van der Waals surface area contributed by atoms with Crippen molar-refractivity contribution in [1.82, 2.24) is 14.9 Å². The minimum atomic E-state index is -0.438. The molecule has 5 nitrogen and oxygen atoms in total. The molecule has 1 fully saturated rings. The van der Waals surface area contributed by atoms with Crippen molar-refractivity contribution in [3.05, 3.63) is 41.4 Å². The van der Waals surface area contributed by atoms with E-state index in [1.807, 2.05) is 6.07 Å². The Balaban J connectivity index is 1.57. The molecule has 1 aliphatic carbocycles. The zero-order valence-corrected chi connectivity index (χ0v) is 15.9. The second kappa shape index (κ2) is 8.64. The van der Waals surface area contributed by atoms with Crippen molar-refractivity contribution in [2.45, 2.75) is 31.7 Å². The quantitative estimate of drug-likeness (QED) is 0.773. The Morgan fingerprint density at radius 3 is 2.54 bits per heavy atom. The van der Waals surface area contributed by atoms with Gasteiger partial charge in [0, 0.05) is 24.3 Å². The molecule has 1 aliphatic rings. The number of nitrogens with one attached hydrogen (secondary N) is 2. The van der Waals surface area contributed by atoms with Gasteiger partial charge in [0.25, 0.3) is 0 Å². The van der Waals surface area contributed by atoms with Gasteiger partial charge in [-0.15, -0.1) is 0 Å². The highest BCUT2D eigenvalue weighted by molar-refractivity contribution is 6.31. The van der Waals surface area contributed by atoms with E-state index in [9.17, 15) is 4.39 Å². The van der Waals surface area contributed by atoms with Gasteiger partial charge in [0.15, 0.2) is 0 Å². The number of rotatable bonds is 6. The van der Waals surface area contributed by atoms with Gasteiger partial charge in [0.2, 0.25) is 0 Å². The number of nitrogens with zero attached hydrogens (tertiary/aromatic N) is 3. The van der Waals surface area contributed by atoms with E-state index in [-0.39, 0.29) is 5.02 Å². The second-order valence-electron chi connectivity index (χ2n) is 7.17. The van der Waals surface area contributed by atoms with Crippen molar-refractivity contribution in [1.29, 1.82) is 0 Å². The lowest BCUT2D eigenvalue weighted by molar-refractivity contribution is 0.255. The monoisotopic (exact) mass is 377 g/mol. The fourth-order valence-corrected chi connectivity index (χ4v) is 3.62. The summed E-state index contributed by atoms with van der Waals surface area (Å²) in [4.78, 5) is 10.8. The molecular formula is C19H25ClFN5. The number of aromatic nitrogens is 2. The molecule has 0 bridgehead atoms. The minimum absolute atomic E-state index is 0.0805. The predicted molar refractivity (Wildman–Crippen MR) is 105 cm³/mol. The van der Waals surface area contributed by atoms with Gasteiger partial charge in [-0.1, -0.05) is 11.6 Å². The molecule has 1 aromatic heterocycles.